The van der Waals surface area contributed by atoms with Gasteiger partial charge in [-0.25, -0.2) is 14.6 Å². The van der Waals surface area contributed by atoms with Crippen LogP contribution >= 0.6 is 0 Å². The first kappa shape index (κ1) is 28.3. The summed E-state index contributed by atoms with van der Waals surface area (Å²) in [6.45, 7) is 8.04. The van der Waals surface area contributed by atoms with Crippen molar-refractivity contribution in [1.82, 2.24) is 14.9 Å². The highest BCUT2D eigenvalue weighted by atomic mass is 16.5. The maximum atomic E-state index is 13.8. The summed E-state index contributed by atoms with van der Waals surface area (Å²) >= 11 is 0. The molecule has 0 radical (unpaired) electrons. The third kappa shape index (κ3) is 5.82. The van der Waals surface area contributed by atoms with E-state index in [0.29, 0.717) is 42.5 Å². The lowest BCUT2D eigenvalue weighted by molar-refractivity contribution is 0.0601. The van der Waals surface area contributed by atoms with Gasteiger partial charge in [-0.15, -0.1) is 0 Å². The number of ether oxygens (including phenoxy) is 1. The summed E-state index contributed by atoms with van der Waals surface area (Å²) in [5, 5.41) is 12.7. The van der Waals surface area contributed by atoms with E-state index in [4.69, 9.17) is 9.72 Å². The SMILES string of the molecule is COC(=O)c1cc(Nc2ncc3c(n2)N(CCCO)C(=O)N(c2c(C)cccc2C)C3)ccc1N1CCN(C)CC1. The Morgan fingerprint density at radius 1 is 1.10 bits per heavy atom. The molecule has 0 atom stereocenters. The molecule has 0 spiro atoms. The molecule has 2 N–H and O–H groups in total. The normalized spacial score (nSPS) is 15.6. The van der Waals surface area contributed by atoms with E-state index in [1.807, 2.05) is 44.2 Å². The number of aromatic nitrogens is 2. The monoisotopic (exact) mass is 559 g/mol. The third-order valence-corrected chi connectivity index (χ3v) is 7.64. The maximum absolute atomic E-state index is 13.8. The number of fused-ring (bicyclic) bond motifs is 1. The van der Waals surface area contributed by atoms with Crippen LogP contribution in [0.4, 0.5) is 33.6 Å². The van der Waals surface area contributed by atoms with Crippen LogP contribution in [0.25, 0.3) is 0 Å². The Bertz CT molecular complexity index is 1420. The summed E-state index contributed by atoms with van der Waals surface area (Å²) in [5.41, 5.74) is 5.60. The standard InChI is InChI=1S/C30H37N7O4/c1-20-7-5-8-21(2)26(20)37-19-22-18-31-29(33-27(22)36(30(37)40)11-6-16-38)32-23-9-10-25(24(17-23)28(39)41-4)35-14-12-34(3)13-15-35/h5,7-10,17-18,38H,6,11-16,19H2,1-4H3,(H,31,32,33). The van der Waals surface area contributed by atoms with Crippen molar-refractivity contribution in [3.05, 3.63) is 64.8 Å². The lowest BCUT2D eigenvalue weighted by atomic mass is 10.1. The lowest BCUT2D eigenvalue weighted by Gasteiger charge is -2.37. The second kappa shape index (κ2) is 12.1. The molecule has 0 unspecified atom stereocenters. The van der Waals surface area contributed by atoms with Crippen LogP contribution in [0.15, 0.2) is 42.6 Å². The molecule has 2 amide bonds. The average molecular weight is 560 g/mol. The van der Waals surface area contributed by atoms with Crippen molar-refractivity contribution in [2.24, 2.45) is 0 Å². The highest BCUT2D eigenvalue weighted by molar-refractivity contribution is 6.06. The summed E-state index contributed by atoms with van der Waals surface area (Å²) in [5.74, 6) is 0.390. The molecular weight excluding hydrogens is 522 g/mol. The highest BCUT2D eigenvalue weighted by Crippen LogP contribution is 2.35. The van der Waals surface area contributed by atoms with Crippen LogP contribution < -0.4 is 20.0 Å². The highest BCUT2D eigenvalue weighted by Gasteiger charge is 2.34. The van der Waals surface area contributed by atoms with Crippen LogP contribution in [0.1, 0.15) is 33.5 Å². The fourth-order valence-corrected chi connectivity index (χ4v) is 5.45. The molecule has 2 aliphatic heterocycles. The molecule has 1 saturated heterocycles. The van der Waals surface area contributed by atoms with Gasteiger partial charge in [-0.2, -0.15) is 4.98 Å². The zero-order valence-electron chi connectivity index (χ0n) is 24.1. The molecule has 0 saturated carbocycles. The molecule has 41 heavy (non-hydrogen) atoms. The molecule has 216 valence electrons. The van der Waals surface area contributed by atoms with Gasteiger partial charge < -0.3 is 25.0 Å². The number of amides is 2. The van der Waals surface area contributed by atoms with Gasteiger partial charge in [0.2, 0.25) is 5.95 Å². The van der Waals surface area contributed by atoms with E-state index in [2.05, 4.69) is 27.1 Å². The summed E-state index contributed by atoms with van der Waals surface area (Å²) in [4.78, 5) is 43.6. The van der Waals surface area contributed by atoms with Gasteiger partial charge >= 0.3 is 12.0 Å². The molecule has 0 bridgehead atoms. The molecular formula is C30H37N7O4. The number of methoxy groups -OCH3 is 1. The number of carbonyl (C=O) groups excluding carboxylic acids is 2. The van der Waals surface area contributed by atoms with Crippen LogP contribution in [0, 0.1) is 13.8 Å². The number of esters is 1. The maximum Gasteiger partial charge on any atom is 0.340 e. The third-order valence-electron chi connectivity index (χ3n) is 7.64. The average Bonchev–Trinajstić information content (AvgIpc) is 2.97. The first-order valence-electron chi connectivity index (χ1n) is 13.9. The van der Waals surface area contributed by atoms with Gasteiger partial charge in [-0.3, -0.25) is 9.80 Å². The summed E-state index contributed by atoms with van der Waals surface area (Å²) in [6, 6.07) is 11.3. The second-order valence-corrected chi connectivity index (χ2v) is 10.5. The Balaban J connectivity index is 1.45. The van der Waals surface area contributed by atoms with Crippen LogP contribution in [0.2, 0.25) is 0 Å². The number of nitrogens with zero attached hydrogens (tertiary/aromatic N) is 6. The van der Waals surface area contributed by atoms with Gasteiger partial charge in [0.1, 0.15) is 5.82 Å². The number of carbonyl (C=O) groups is 2. The van der Waals surface area contributed by atoms with E-state index in [1.54, 1.807) is 22.1 Å². The number of aryl methyl sites for hydroxylation is 2. The van der Waals surface area contributed by atoms with E-state index in [-0.39, 0.29) is 12.6 Å². The van der Waals surface area contributed by atoms with Gasteiger partial charge in [0.15, 0.2) is 0 Å². The number of piperazine rings is 1. The van der Waals surface area contributed by atoms with Gasteiger partial charge in [-0.05, 0) is 56.6 Å². The Morgan fingerprint density at radius 2 is 1.83 bits per heavy atom. The van der Waals surface area contributed by atoms with Crippen LogP contribution in [0.3, 0.4) is 0 Å². The molecule has 0 aliphatic carbocycles. The Morgan fingerprint density at radius 3 is 2.51 bits per heavy atom. The van der Waals surface area contributed by atoms with Crippen molar-refractivity contribution in [3.63, 3.8) is 0 Å². The number of aliphatic hydroxyl groups is 1. The molecule has 1 aromatic heterocycles. The largest absolute Gasteiger partial charge is 0.465 e. The lowest BCUT2D eigenvalue weighted by Crippen LogP contribution is -2.49. The number of para-hydroxylation sites is 1. The minimum Gasteiger partial charge on any atom is -0.465 e. The predicted molar refractivity (Wildman–Crippen MR) is 159 cm³/mol. The van der Waals surface area contributed by atoms with Gasteiger partial charge in [0.05, 0.1) is 30.6 Å². The molecule has 11 nitrogen and oxygen atoms in total. The molecule has 3 aromatic rings. The van der Waals surface area contributed by atoms with Crippen molar-refractivity contribution in [2.45, 2.75) is 26.8 Å². The molecule has 3 heterocycles. The number of rotatable bonds is 8. The smallest absolute Gasteiger partial charge is 0.340 e. The number of anilines is 5. The molecule has 11 heteroatoms. The Labute approximate surface area is 240 Å². The van der Waals surface area contributed by atoms with Crippen molar-refractivity contribution in [1.29, 1.82) is 0 Å². The molecule has 2 aliphatic rings. The molecule has 1 fully saturated rings. The summed E-state index contributed by atoms with van der Waals surface area (Å²) in [7, 11) is 3.46. The van der Waals surface area contributed by atoms with E-state index >= 15 is 0 Å². The van der Waals surface area contributed by atoms with Crippen molar-refractivity contribution >= 4 is 40.8 Å². The number of likely N-dealkylation sites (N-methyl/N-ethyl adjacent to an activating group) is 1. The fourth-order valence-electron chi connectivity index (χ4n) is 5.45. The van der Waals surface area contributed by atoms with E-state index in [1.165, 1.54) is 7.11 Å². The summed E-state index contributed by atoms with van der Waals surface area (Å²) < 4.78 is 5.09. The molecule has 5 rings (SSSR count). The Kier molecular flexibility index (Phi) is 8.36. The van der Waals surface area contributed by atoms with E-state index in [9.17, 15) is 14.7 Å². The summed E-state index contributed by atoms with van der Waals surface area (Å²) in [6.07, 6.45) is 2.14. The number of nitrogens with one attached hydrogen (secondary N) is 1. The van der Waals surface area contributed by atoms with Crippen LogP contribution in [0.5, 0.6) is 0 Å². The fraction of sp³-hybridized carbons (Fsp3) is 0.400. The van der Waals surface area contributed by atoms with E-state index < -0.39 is 5.97 Å². The second-order valence-electron chi connectivity index (χ2n) is 10.5. The first-order chi connectivity index (χ1) is 19.8. The zero-order chi connectivity index (χ0) is 29.1. The zero-order valence-corrected chi connectivity index (χ0v) is 24.1. The van der Waals surface area contributed by atoms with Gasteiger partial charge in [-0.1, -0.05) is 18.2 Å². The van der Waals surface area contributed by atoms with E-state index in [0.717, 1.165) is 54.2 Å². The number of urea groups is 1. The van der Waals surface area contributed by atoms with Gasteiger partial charge in [0.25, 0.3) is 0 Å². The van der Waals surface area contributed by atoms with Crippen LogP contribution in [-0.4, -0.2) is 85.5 Å². The van der Waals surface area contributed by atoms with Crippen molar-refractivity contribution in [3.8, 4) is 0 Å². The minimum atomic E-state index is -0.415. The number of aliphatic hydroxyl groups excluding tert-OH is 1. The Hall–Kier alpha value is -4.22. The number of benzene rings is 2. The van der Waals surface area contributed by atoms with Crippen molar-refractivity contribution in [2.75, 3.05) is 73.5 Å². The van der Waals surface area contributed by atoms with Crippen LogP contribution in [-0.2, 0) is 11.3 Å². The predicted octanol–water partition coefficient (Wildman–Crippen LogP) is 3.70. The quantitative estimate of drug-likeness (QED) is 0.399. The number of hydrogen-bond acceptors (Lipinski definition) is 9. The van der Waals surface area contributed by atoms with Crippen molar-refractivity contribution < 1.29 is 19.4 Å². The topological polar surface area (TPSA) is 114 Å². The van der Waals surface area contributed by atoms with Gasteiger partial charge in [0, 0.05) is 56.8 Å². The first-order valence-corrected chi connectivity index (χ1v) is 13.9. The number of hydrogen-bond donors (Lipinski definition) is 2. The minimum absolute atomic E-state index is 0.0470. The molecule has 2 aromatic carbocycles.